The Bertz CT molecular complexity index is 564. The van der Waals surface area contributed by atoms with Crippen molar-refractivity contribution in [3.8, 4) is 0 Å². The molecule has 0 heterocycles. The van der Waals surface area contributed by atoms with E-state index in [1.807, 2.05) is 12.1 Å². The molecule has 2 rings (SSSR count). The summed E-state index contributed by atoms with van der Waals surface area (Å²) in [5.74, 6) is 0. The number of anilines is 1. The number of rotatable bonds is 3. The van der Waals surface area contributed by atoms with Crippen LogP contribution in [-0.4, -0.2) is 0 Å². The zero-order valence-electron chi connectivity index (χ0n) is 10.4. The molecule has 2 aromatic carbocycles. The van der Waals surface area contributed by atoms with Crippen LogP contribution in [0.4, 0.5) is 5.69 Å². The Hall–Kier alpha value is -1.18. The van der Waals surface area contributed by atoms with Gasteiger partial charge in [-0.3, -0.25) is 0 Å². The highest BCUT2D eigenvalue weighted by Gasteiger charge is 2.02. The first-order chi connectivity index (χ1) is 8.56. The molecule has 1 nitrogen and oxygen atoms in total. The molecule has 3 heteroatoms. The van der Waals surface area contributed by atoms with E-state index in [0.717, 1.165) is 16.3 Å². The van der Waals surface area contributed by atoms with Crippen molar-refractivity contribution in [3.63, 3.8) is 0 Å². The normalized spacial score (nSPS) is 10.4. The molecule has 0 saturated heterocycles. The molecule has 0 amide bonds. The summed E-state index contributed by atoms with van der Waals surface area (Å²) in [6, 6.07) is 11.8. The number of nitrogens with one attached hydrogen (secondary N) is 1. The van der Waals surface area contributed by atoms with Gasteiger partial charge in [0.25, 0.3) is 0 Å². The predicted octanol–water partition coefficient (Wildman–Crippen LogP) is 5.22. The Balaban J connectivity index is 2.11. The number of hydrogen-bond acceptors (Lipinski definition) is 1. The van der Waals surface area contributed by atoms with Gasteiger partial charge in [0.2, 0.25) is 0 Å². The van der Waals surface area contributed by atoms with Crippen molar-refractivity contribution in [1.82, 2.24) is 0 Å². The zero-order chi connectivity index (χ0) is 13.1. The predicted molar refractivity (Wildman–Crippen MR) is 79.7 cm³/mol. The number of halogens is 2. The smallest absolute Gasteiger partial charge is 0.0456 e. The van der Waals surface area contributed by atoms with E-state index in [0.29, 0.717) is 11.6 Å². The summed E-state index contributed by atoms with van der Waals surface area (Å²) in [6.45, 7) is 4.88. The molecule has 0 aliphatic rings. The maximum atomic E-state index is 6.12. The van der Waals surface area contributed by atoms with Crippen molar-refractivity contribution in [2.45, 2.75) is 20.4 Å². The molecule has 0 atom stereocenters. The Morgan fingerprint density at radius 3 is 2.44 bits per heavy atom. The minimum Gasteiger partial charge on any atom is -0.381 e. The van der Waals surface area contributed by atoms with Crippen LogP contribution < -0.4 is 5.32 Å². The lowest BCUT2D eigenvalue weighted by Crippen LogP contribution is -2.00. The second-order valence-electron chi connectivity index (χ2n) is 4.39. The van der Waals surface area contributed by atoms with E-state index in [1.54, 1.807) is 6.07 Å². The molecule has 94 valence electrons. The fourth-order valence-electron chi connectivity index (χ4n) is 1.73. The first-order valence-electron chi connectivity index (χ1n) is 5.81. The molecule has 0 radical (unpaired) electrons. The van der Waals surface area contributed by atoms with E-state index in [-0.39, 0.29) is 0 Å². The van der Waals surface area contributed by atoms with Crippen LogP contribution in [-0.2, 0) is 6.54 Å². The topological polar surface area (TPSA) is 12.0 Å². The monoisotopic (exact) mass is 279 g/mol. The molecule has 0 fully saturated rings. The third-order valence-electron chi connectivity index (χ3n) is 3.00. The van der Waals surface area contributed by atoms with Crippen molar-refractivity contribution in [2.24, 2.45) is 0 Å². The summed E-state index contributed by atoms with van der Waals surface area (Å²) >= 11 is 12.1. The Morgan fingerprint density at radius 1 is 0.944 bits per heavy atom. The summed E-state index contributed by atoms with van der Waals surface area (Å²) in [4.78, 5) is 0. The van der Waals surface area contributed by atoms with Crippen LogP contribution in [0.2, 0.25) is 10.0 Å². The van der Waals surface area contributed by atoms with Crippen LogP contribution in [0.5, 0.6) is 0 Å². The van der Waals surface area contributed by atoms with Crippen molar-refractivity contribution < 1.29 is 0 Å². The SMILES string of the molecule is Cc1ccc(NCc2cc(Cl)ccc2Cl)cc1C. The quantitative estimate of drug-likeness (QED) is 0.812. The molecule has 2 aromatic rings. The van der Waals surface area contributed by atoms with Crippen molar-refractivity contribution >= 4 is 28.9 Å². The summed E-state index contributed by atoms with van der Waals surface area (Å²) in [5.41, 5.74) is 4.66. The van der Waals surface area contributed by atoms with Crippen LogP contribution in [0.1, 0.15) is 16.7 Å². The number of aryl methyl sites for hydroxylation is 2. The first-order valence-corrected chi connectivity index (χ1v) is 6.57. The van der Waals surface area contributed by atoms with Gasteiger partial charge in [-0.1, -0.05) is 29.3 Å². The van der Waals surface area contributed by atoms with Gasteiger partial charge >= 0.3 is 0 Å². The van der Waals surface area contributed by atoms with Crippen molar-refractivity contribution in [2.75, 3.05) is 5.32 Å². The molecule has 1 N–H and O–H groups in total. The minimum atomic E-state index is 0.669. The molecule has 0 saturated carbocycles. The van der Waals surface area contributed by atoms with Crippen molar-refractivity contribution in [1.29, 1.82) is 0 Å². The average molecular weight is 280 g/mol. The first kappa shape index (κ1) is 13.3. The fourth-order valence-corrected chi connectivity index (χ4v) is 2.11. The number of hydrogen-bond donors (Lipinski definition) is 1. The van der Waals surface area contributed by atoms with Gasteiger partial charge in [-0.25, -0.2) is 0 Å². The van der Waals surface area contributed by atoms with E-state index < -0.39 is 0 Å². The summed E-state index contributed by atoms with van der Waals surface area (Å²) in [6.07, 6.45) is 0. The molecule has 18 heavy (non-hydrogen) atoms. The molecular formula is C15H15Cl2N. The standard InChI is InChI=1S/C15H15Cl2N/c1-10-3-5-14(7-11(10)2)18-9-12-8-13(16)4-6-15(12)17/h3-8,18H,9H2,1-2H3. The van der Waals surface area contributed by atoms with Crippen molar-refractivity contribution in [3.05, 3.63) is 63.1 Å². The maximum Gasteiger partial charge on any atom is 0.0456 e. The summed E-state index contributed by atoms with van der Waals surface area (Å²) < 4.78 is 0. The molecular weight excluding hydrogens is 265 g/mol. The van der Waals surface area contributed by atoms with Crippen LogP contribution in [0.15, 0.2) is 36.4 Å². The molecule has 0 spiro atoms. The van der Waals surface area contributed by atoms with Gasteiger partial charge in [0, 0.05) is 22.3 Å². The van der Waals surface area contributed by atoms with E-state index in [9.17, 15) is 0 Å². The van der Waals surface area contributed by atoms with Gasteiger partial charge in [-0.2, -0.15) is 0 Å². The van der Waals surface area contributed by atoms with E-state index in [4.69, 9.17) is 23.2 Å². The van der Waals surface area contributed by atoms with Gasteiger partial charge in [0.1, 0.15) is 0 Å². The van der Waals surface area contributed by atoms with E-state index in [2.05, 4.69) is 37.4 Å². The summed E-state index contributed by atoms with van der Waals surface area (Å²) in [5, 5.41) is 4.79. The fraction of sp³-hybridized carbons (Fsp3) is 0.200. The van der Waals surface area contributed by atoms with Gasteiger partial charge in [0.15, 0.2) is 0 Å². The van der Waals surface area contributed by atoms with Gasteiger partial charge < -0.3 is 5.32 Å². The second kappa shape index (κ2) is 5.64. The summed E-state index contributed by atoms with van der Waals surface area (Å²) in [7, 11) is 0. The third-order valence-corrected chi connectivity index (χ3v) is 3.60. The molecule has 0 aliphatic carbocycles. The highest BCUT2D eigenvalue weighted by atomic mass is 35.5. The Morgan fingerprint density at radius 2 is 1.72 bits per heavy atom. The van der Waals surface area contributed by atoms with Crippen LogP contribution in [0, 0.1) is 13.8 Å². The van der Waals surface area contributed by atoms with Crippen LogP contribution >= 0.6 is 23.2 Å². The third kappa shape index (κ3) is 3.18. The molecule has 0 aliphatic heterocycles. The van der Waals surface area contributed by atoms with Gasteiger partial charge in [-0.05, 0) is 60.9 Å². The van der Waals surface area contributed by atoms with E-state index >= 15 is 0 Å². The lowest BCUT2D eigenvalue weighted by atomic mass is 10.1. The minimum absolute atomic E-state index is 0.669. The highest BCUT2D eigenvalue weighted by molar-refractivity contribution is 6.33. The average Bonchev–Trinajstić information content (AvgIpc) is 2.34. The molecule has 0 aromatic heterocycles. The Kier molecular flexibility index (Phi) is 4.15. The van der Waals surface area contributed by atoms with Crippen LogP contribution in [0.25, 0.3) is 0 Å². The lowest BCUT2D eigenvalue weighted by Gasteiger charge is -2.10. The van der Waals surface area contributed by atoms with Crippen LogP contribution in [0.3, 0.4) is 0 Å². The lowest BCUT2D eigenvalue weighted by molar-refractivity contribution is 1.14. The van der Waals surface area contributed by atoms with Gasteiger partial charge in [0.05, 0.1) is 0 Å². The maximum absolute atomic E-state index is 6.12. The van der Waals surface area contributed by atoms with Gasteiger partial charge in [-0.15, -0.1) is 0 Å². The zero-order valence-corrected chi connectivity index (χ0v) is 11.9. The number of benzene rings is 2. The Labute approximate surface area is 118 Å². The molecule has 0 bridgehead atoms. The van der Waals surface area contributed by atoms with E-state index in [1.165, 1.54) is 11.1 Å². The second-order valence-corrected chi connectivity index (χ2v) is 5.23. The largest absolute Gasteiger partial charge is 0.381 e. The molecule has 0 unspecified atom stereocenters. The highest BCUT2D eigenvalue weighted by Crippen LogP contribution is 2.22.